The highest BCUT2D eigenvalue weighted by Gasteiger charge is 2.06. The van der Waals surface area contributed by atoms with Gasteiger partial charge >= 0.3 is 0 Å². The van der Waals surface area contributed by atoms with Crippen LogP contribution in [0.3, 0.4) is 0 Å². The highest BCUT2D eigenvalue weighted by molar-refractivity contribution is 6.32. The molecular formula is C13H9ClN8. The summed E-state index contributed by atoms with van der Waals surface area (Å²) in [5.41, 5.74) is 2.17. The molecule has 0 radical (unpaired) electrons. The van der Waals surface area contributed by atoms with E-state index in [1.54, 1.807) is 23.0 Å². The maximum absolute atomic E-state index is 6.16. The Labute approximate surface area is 129 Å². The smallest absolute Gasteiger partial charge is 0.200 e. The van der Waals surface area contributed by atoms with E-state index in [2.05, 4.69) is 31.0 Å². The molecule has 0 aliphatic rings. The fourth-order valence-electron chi connectivity index (χ4n) is 2.02. The van der Waals surface area contributed by atoms with Crippen LogP contribution in [0, 0.1) is 0 Å². The van der Waals surface area contributed by atoms with Crippen LogP contribution >= 0.6 is 11.6 Å². The summed E-state index contributed by atoms with van der Waals surface area (Å²) in [6.07, 6.45) is 3.52. The Hall–Kier alpha value is -3.00. The zero-order valence-electron chi connectivity index (χ0n) is 11.1. The molecule has 4 rings (SSSR count). The average Bonchev–Trinajstić information content (AvgIpc) is 3.16. The maximum Gasteiger partial charge on any atom is 0.200 e. The number of aromatic nitrogens is 7. The summed E-state index contributed by atoms with van der Waals surface area (Å²) in [7, 11) is 0. The summed E-state index contributed by atoms with van der Waals surface area (Å²) < 4.78 is 3.04. The van der Waals surface area contributed by atoms with Crippen molar-refractivity contribution in [2.75, 3.05) is 5.32 Å². The molecular weight excluding hydrogens is 304 g/mol. The van der Waals surface area contributed by atoms with Crippen LogP contribution in [0.5, 0.6) is 0 Å². The molecule has 9 heteroatoms. The number of para-hydroxylation sites is 1. The van der Waals surface area contributed by atoms with Gasteiger partial charge in [0.15, 0.2) is 11.5 Å². The van der Waals surface area contributed by atoms with Crippen LogP contribution in [0.25, 0.3) is 11.3 Å². The van der Waals surface area contributed by atoms with E-state index < -0.39 is 0 Å². The molecule has 0 bridgehead atoms. The van der Waals surface area contributed by atoms with Gasteiger partial charge < -0.3 is 5.32 Å². The summed E-state index contributed by atoms with van der Waals surface area (Å²) in [6.45, 7) is 0. The lowest BCUT2D eigenvalue weighted by Gasteiger charge is -2.03. The molecule has 0 saturated carbocycles. The van der Waals surface area contributed by atoms with Crippen LogP contribution in [0.15, 0.2) is 48.8 Å². The molecule has 3 aromatic heterocycles. The minimum Gasteiger partial charge on any atom is -0.336 e. The summed E-state index contributed by atoms with van der Waals surface area (Å²) >= 11 is 6.16. The minimum absolute atomic E-state index is 0.581. The Balaban J connectivity index is 1.63. The number of hydrogen-bond acceptors (Lipinski definition) is 6. The number of fused-ring (bicyclic) bond motifs is 1. The summed E-state index contributed by atoms with van der Waals surface area (Å²) in [5, 5.41) is 23.4. The first-order chi connectivity index (χ1) is 10.8. The van der Waals surface area contributed by atoms with Crippen molar-refractivity contribution in [2.45, 2.75) is 0 Å². The van der Waals surface area contributed by atoms with E-state index in [9.17, 15) is 0 Å². The third-order valence-corrected chi connectivity index (χ3v) is 3.34. The van der Waals surface area contributed by atoms with Crippen molar-refractivity contribution in [3.8, 4) is 5.69 Å². The van der Waals surface area contributed by atoms with Gasteiger partial charge in [-0.25, -0.2) is 4.68 Å². The predicted octanol–water partition coefficient (Wildman–Crippen LogP) is 2.10. The number of rotatable bonds is 3. The Morgan fingerprint density at radius 2 is 2.00 bits per heavy atom. The normalized spacial score (nSPS) is 11.0. The van der Waals surface area contributed by atoms with Gasteiger partial charge in [0.2, 0.25) is 0 Å². The third kappa shape index (κ3) is 2.25. The second kappa shape index (κ2) is 5.08. The van der Waals surface area contributed by atoms with Crippen molar-refractivity contribution in [2.24, 2.45) is 0 Å². The molecule has 1 N–H and O–H groups in total. The van der Waals surface area contributed by atoms with Gasteiger partial charge in [0.25, 0.3) is 0 Å². The molecule has 0 unspecified atom stereocenters. The van der Waals surface area contributed by atoms with Crippen molar-refractivity contribution in [1.29, 1.82) is 0 Å². The first-order valence-electron chi connectivity index (χ1n) is 6.42. The lowest BCUT2D eigenvalue weighted by Crippen LogP contribution is -1.99. The Kier molecular flexibility index (Phi) is 2.94. The number of hydrogen-bond donors (Lipinski definition) is 1. The lowest BCUT2D eigenvalue weighted by molar-refractivity contribution is 0.736. The number of tetrazole rings is 1. The monoisotopic (exact) mass is 312 g/mol. The second-order valence-electron chi connectivity index (χ2n) is 4.50. The van der Waals surface area contributed by atoms with Gasteiger partial charge in [-0.3, -0.25) is 0 Å². The van der Waals surface area contributed by atoms with Crippen molar-refractivity contribution in [3.05, 3.63) is 53.8 Å². The lowest BCUT2D eigenvalue weighted by atomic mass is 10.3. The second-order valence-corrected chi connectivity index (χ2v) is 4.90. The minimum atomic E-state index is 0.581. The van der Waals surface area contributed by atoms with Crippen molar-refractivity contribution in [3.63, 3.8) is 0 Å². The van der Waals surface area contributed by atoms with Gasteiger partial charge in [0.05, 0.1) is 28.8 Å². The number of nitrogens with zero attached hydrogens (tertiary/aromatic N) is 7. The molecule has 3 heterocycles. The zero-order chi connectivity index (χ0) is 14.9. The van der Waals surface area contributed by atoms with Crippen LogP contribution in [0.4, 0.5) is 11.5 Å². The zero-order valence-corrected chi connectivity index (χ0v) is 11.9. The van der Waals surface area contributed by atoms with E-state index in [1.807, 2.05) is 30.5 Å². The van der Waals surface area contributed by atoms with Crippen molar-refractivity contribution in [1.82, 2.24) is 35.0 Å². The van der Waals surface area contributed by atoms with E-state index in [0.29, 0.717) is 16.5 Å². The van der Waals surface area contributed by atoms with Crippen LogP contribution in [-0.2, 0) is 0 Å². The fourth-order valence-corrected chi connectivity index (χ4v) is 2.24. The van der Waals surface area contributed by atoms with Gasteiger partial charge in [-0.1, -0.05) is 23.7 Å². The number of nitrogens with one attached hydrogen (secondary N) is 1. The van der Waals surface area contributed by atoms with Crippen LogP contribution in [-0.4, -0.2) is 35.0 Å². The van der Waals surface area contributed by atoms with E-state index in [0.717, 1.165) is 11.4 Å². The van der Waals surface area contributed by atoms with Gasteiger partial charge in [0, 0.05) is 0 Å². The first kappa shape index (κ1) is 12.7. The maximum atomic E-state index is 6.16. The SMILES string of the molecule is Clc1ccccc1-n1cc(Nc2ccc3nnnn3n2)cn1. The molecule has 4 aromatic rings. The molecule has 1 aromatic carbocycles. The number of benzene rings is 1. The highest BCUT2D eigenvalue weighted by Crippen LogP contribution is 2.21. The molecule has 0 atom stereocenters. The highest BCUT2D eigenvalue weighted by atomic mass is 35.5. The summed E-state index contributed by atoms with van der Waals surface area (Å²) in [6, 6.07) is 11.1. The van der Waals surface area contributed by atoms with Gasteiger partial charge in [0.1, 0.15) is 0 Å². The van der Waals surface area contributed by atoms with E-state index >= 15 is 0 Å². The molecule has 0 aliphatic heterocycles. The van der Waals surface area contributed by atoms with E-state index in [1.165, 1.54) is 4.63 Å². The van der Waals surface area contributed by atoms with E-state index in [-0.39, 0.29) is 0 Å². The number of anilines is 2. The Morgan fingerprint density at radius 1 is 1.09 bits per heavy atom. The molecule has 0 fully saturated rings. The van der Waals surface area contributed by atoms with Crippen molar-refractivity contribution >= 4 is 28.8 Å². The van der Waals surface area contributed by atoms with Crippen molar-refractivity contribution < 1.29 is 0 Å². The van der Waals surface area contributed by atoms with Gasteiger partial charge in [-0.2, -0.15) is 5.10 Å². The standard InChI is InChI=1S/C13H9ClN8/c14-10-3-1-2-4-11(10)21-8-9(7-15-21)16-12-5-6-13-17-19-20-22(13)18-12/h1-8H,(H,16,18). The summed E-state index contributed by atoms with van der Waals surface area (Å²) in [5.74, 6) is 0.610. The molecule has 108 valence electrons. The van der Waals surface area contributed by atoms with Crippen LogP contribution in [0.2, 0.25) is 5.02 Å². The molecule has 0 saturated heterocycles. The number of halogens is 1. The van der Waals surface area contributed by atoms with Crippen LogP contribution < -0.4 is 5.32 Å². The molecule has 0 spiro atoms. The van der Waals surface area contributed by atoms with Gasteiger partial charge in [-0.15, -0.1) is 14.8 Å². The topological polar surface area (TPSA) is 85.8 Å². The Morgan fingerprint density at radius 3 is 2.91 bits per heavy atom. The molecule has 0 aliphatic carbocycles. The predicted molar refractivity (Wildman–Crippen MR) is 80.4 cm³/mol. The summed E-state index contributed by atoms with van der Waals surface area (Å²) in [4.78, 5) is 0. The van der Waals surface area contributed by atoms with Gasteiger partial charge in [-0.05, 0) is 34.7 Å². The quantitative estimate of drug-likeness (QED) is 0.623. The van der Waals surface area contributed by atoms with E-state index in [4.69, 9.17) is 11.6 Å². The molecule has 22 heavy (non-hydrogen) atoms. The van der Waals surface area contributed by atoms with Crippen LogP contribution in [0.1, 0.15) is 0 Å². The Bertz CT molecular complexity index is 944. The third-order valence-electron chi connectivity index (χ3n) is 3.02. The first-order valence-corrected chi connectivity index (χ1v) is 6.79. The molecule has 8 nitrogen and oxygen atoms in total. The fraction of sp³-hybridized carbons (Fsp3) is 0. The average molecular weight is 313 g/mol. The largest absolute Gasteiger partial charge is 0.336 e. The molecule has 0 amide bonds.